The predicted octanol–water partition coefficient (Wildman–Crippen LogP) is 1.86. The number of nitro groups is 1. The monoisotopic (exact) mass is 324 g/mol. The number of hydrogen-bond acceptors (Lipinski definition) is 7. The van der Waals surface area contributed by atoms with Gasteiger partial charge in [0, 0.05) is 19.2 Å². The van der Waals surface area contributed by atoms with E-state index in [1.165, 1.54) is 19.2 Å². The summed E-state index contributed by atoms with van der Waals surface area (Å²) in [4.78, 5) is 23.6. The SMILES string of the molecule is CCC(Oc1cc([N+](=O)[O-])c(C=O)cc1OC)N1CCOCC1. The predicted molar refractivity (Wildman–Crippen MR) is 82.1 cm³/mol. The Morgan fingerprint density at radius 2 is 2.09 bits per heavy atom. The minimum Gasteiger partial charge on any atom is -0.493 e. The zero-order valence-electron chi connectivity index (χ0n) is 13.2. The molecule has 2 rings (SSSR count). The molecule has 0 N–H and O–H groups in total. The summed E-state index contributed by atoms with van der Waals surface area (Å²) in [6.07, 6.45) is 0.894. The van der Waals surface area contributed by atoms with Crippen molar-refractivity contribution >= 4 is 12.0 Å². The second kappa shape index (κ2) is 7.89. The van der Waals surface area contributed by atoms with Gasteiger partial charge in [-0.05, 0) is 6.42 Å². The van der Waals surface area contributed by atoms with Crippen molar-refractivity contribution in [3.8, 4) is 11.5 Å². The molecule has 0 bridgehead atoms. The van der Waals surface area contributed by atoms with Crippen molar-refractivity contribution in [3.05, 3.63) is 27.8 Å². The van der Waals surface area contributed by atoms with Crippen LogP contribution in [0.15, 0.2) is 12.1 Å². The van der Waals surface area contributed by atoms with Crippen molar-refractivity contribution in [1.29, 1.82) is 0 Å². The lowest BCUT2D eigenvalue weighted by Crippen LogP contribution is -2.46. The minimum atomic E-state index is -0.605. The molecular formula is C15H20N2O6. The number of methoxy groups -OCH3 is 1. The summed E-state index contributed by atoms with van der Waals surface area (Å²) in [5.74, 6) is 0.549. The summed E-state index contributed by atoms with van der Waals surface area (Å²) < 4.78 is 16.5. The Morgan fingerprint density at radius 1 is 1.39 bits per heavy atom. The molecule has 126 valence electrons. The Bertz CT molecular complexity index is 571. The van der Waals surface area contributed by atoms with Gasteiger partial charge in [0.2, 0.25) is 0 Å². The zero-order valence-corrected chi connectivity index (χ0v) is 13.2. The molecule has 23 heavy (non-hydrogen) atoms. The van der Waals surface area contributed by atoms with E-state index < -0.39 is 4.92 Å². The number of benzene rings is 1. The maximum Gasteiger partial charge on any atom is 0.283 e. The first-order chi connectivity index (χ1) is 11.1. The highest BCUT2D eigenvalue weighted by atomic mass is 16.6. The molecule has 1 atom stereocenters. The molecule has 0 aromatic heterocycles. The molecule has 1 aromatic carbocycles. The van der Waals surface area contributed by atoms with Crippen molar-refractivity contribution in [3.63, 3.8) is 0 Å². The maximum atomic E-state index is 11.1. The number of morpholine rings is 1. The second-order valence-electron chi connectivity index (χ2n) is 5.07. The number of nitro benzene ring substituents is 1. The fourth-order valence-electron chi connectivity index (χ4n) is 2.50. The van der Waals surface area contributed by atoms with Gasteiger partial charge in [-0.2, -0.15) is 0 Å². The van der Waals surface area contributed by atoms with Crippen molar-refractivity contribution in [2.24, 2.45) is 0 Å². The van der Waals surface area contributed by atoms with Gasteiger partial charge in [-0.25, -0.2) is 0 Å². The summed E-state index contributed by atoms with van der Waals surface area (Å²) in [5, 5.41) is 11.1. The second-order valence-corrected chi connectivity index (χ2v) is 5.07. The minimum absolute atomic E-state index is 0.0429. The van der Waals surface area contributed by atoms with Crippen LogP contribution in [-0.4, -0.2) is 55.8 Å². The topological polar surface area (TPSA) is 91.1 Å². The van der Waals surface area contributed by atoms with Gasteiger partial charge in [-0.15, -0.1) is 0 Å². The Labute approximate surface area is 134 Å². The molecule has 1 aromatic rings. The number of carbonyl (C=O) groups is 1. The Kier molecular flexibility index (Phi) is 5.89. The van der Waals surface area contributed by atoms with E-state index in [4.69, 9.17) is 14.2 Å². The fourth-order valence-corrected chi connectivity index (χ4v) is 2.50. The number of aldehydes is 1. The quantitative estimate of drug-likeness (QED) is 0.429. The summed E-state index contributed by atoms with van der Waals surface area (Å²) in [5.41, 5.74) is -0.341. The molecule has 0 saturated carbocycles. The van der Waals surface area contributed by atoms with E-state index in [1.807, 2.05) is 6.92 Å². The van der Waals surface area contributed by atoms with Crippen LogP contribution >= 0.6 is 0 Å². The maximum absolute atomic E-state index is 11.1. The van der Waals surface area contributed by atoms with E-state index in [9.17, 15) is 14.9 Å². The van der Waals surface area contributed by atoms with Gasteiger partial charge in [0.25, 0.3) is 5.69 Å². The standard InChI is InChI=1S/C15H20N2O6/c1-3-15(16-4-6-22-7-5-16)23-14-9-12(17(19)20)11(10-18)8-13(14)21-2/h8-10,15H,3-7H2,1-2H3. The van der Waals surface area contributed by atoms with Crippen LogP contribution in [0.4, 0.5) is 5.69 Å². The third kappa shape index (κ3) is 3.96. The first-order valence-corrected chi connectivity index (χ1v) is 7.40. The summed E-state index contributed by atoms with van der Waals surface area (Å²) in [6, 6.07) is 2.57. The first kappa shape index (κ1) is 17.2. The molecule has 1 unspecified atom stereocenters. The lowest BCUT2D eigenvalue weighted by Gasteiger charge is -2.34. The van der Waals surface area contributed by atoms with Crippen LogP contribution in [0, 0.1) is 10.1 Å². The molecule has 8 heteroatoms. The van der Waals surface area contributed by atoms with E-state index in [-0.39, 0.29) is 23.2 Å². The van der Waals surface area contributed by atoms with Gasteiger partial charge in [0.05, 0.1) is 36.9 Å². The number of nitrogens with zero attached hydrogens (tertiary/aromatic N) is 2. The largest absolute Gasteiger partial charge is 0.493 e. The number of rotatable bonds is 7. The molecule has 1 aliphatic rings. The normalized spacial score (nSPS) is 16.6. The average Bonchev–Trinajstić information content (AvgIpc) is 2.59. The highest BCUT2D eigenvalue weighted by Crippen LogP contribution is 2.35. The van der Waals surface area contributed by atoms with Gasteiger partial charge in [-0.1, -0.05) is 6.92 Å². The van der Waals surface area contributed by atoms with Crippen LogP contribution in [0.25, 0.3) is 0 Å². The van der Waals surface area contributed by atoms with E-state index in [0.717, 1.165) is 13.1 Å². The Hall–Kier alpha value is -2.19. The number of carbonyl (C=O) groups excluding carboxylic acids is 1. The van der Waals surface area contributed by atoms with Crippen LogP contribution < -0.4 is 9.47 Å². The van der Waals surface area contributed by atoms with Crippen molar-refractivity contribution in [1.82, 2.24) is 4.90 Å². The molecule has 1 saturated heterocycles. The molecule has 8 nitrogen and oxygen atoms in total. The van der Waals surface area contributed by atoms with E-state index in [1.54, 1.807) is 0 Å². The number of hydrogen-bond donors (Lipinski definition) is 0. The highest BCUT2D eigenvalue weighted by Gasteiger charge is 2.25. The Morgan fingerprint density at radius 3 is 2.61 bits per heavy atom. The zero-order chi connectivity index (χ0) is 16.8. The molecule has 1 fully saturated rings. The van der Waals surface area contributed by atoms with Crippen molar-refractivity contribution in [2.75, 3.05) is 33.4 Å². The summed E-state index contributed by atoms with van der Waals surface area (Å²) in [6.45, 7) is 4.69. The highest BCUT2D eigenvalue weighted by molar-refractivity contribution is 5.83. The van der Waals surface area contributed by atoms with Crippen molar-refractivity contribution in [2.45, 2.75) is 19.6 Å². The van der Waals surface area contributed by atoms with E-state index in [2.05, 4.69) is 4.90 Å². The van der Waals surface area contributed by atoms with Crippen LogP contribution in [0.3, 0.4) is 0 Å². The van der Waals surface area contributed by atoms with Gasteiger partial charge >= 0.3 is 0 Å². The molecule has 0 aliphatic carbocycles. The van der Waals surface area contributed by atoms with Crippen LogP contribution in [0.2, 0.25) is 0 Å². The van der Waals surface area contributed by atoms with E-state index in [0.29, 0.717) is 31.7 Å². The molecule has 0 amide bonds. The molecule has 1 heterocycles. The lowest BCUT2D eigenvalue weighted by molar-refractivity contribution is -0.385. The van der Waals surface area contributed by atoms with E-state index >= 15 is 0 Å². The van der Waals surface area contributed by atoms with Gasteiger partial charge in [0.1, 0.15) is 0 Å². The Balaban J connectivity index is 2.30. The van der Waals surface area contributed by atoms with Crippen molar-refractivity contribution < 1.29 is 23.9 Å². The number of ether oxygens (including phenoxy) is 3. The molecule has 1 aliphatic heterocycles. The average molecular weight is 324 g/mol. The lowest BCUT2D eigenvalue weighted by atomic mass is 10.1. The van der Waals surface area contributed by atoms with Gasteiger partial charge < -0.3 is 14.2 Å². The van der Waals surface area contributed by atoms with Gasteiger partial charge in [-0.3, -0.25) is 19.8 Å². The smallest absolute Gasteiger partial charge is 0.283 e. The molecule has 0 spiro atoms. The van der Waals surface area contributed by atoms with Crippen LogP contribution in [0.5, 0.6) is 11.5 Å². The van der Waals surface area contributed by atoms with Gasteiger partial charge in [0.15, 0.2) is 24.0 Å². The summed E-state index contributed by atoms with van der Waals surface area (Å²) >= 11 is 0. The first-order valence-electron chi connectivity index (χ1n) is 7.40. The van der Waals surface area contributed by atoms with Crippen LogP contribution in [0.1, 0.15) is 23.7 Å². The van der Waals surface area contributed by atoms with Crippen LogP contribution in [-0.2, 0) is 4.74 Å². The molecule has 0 radical (unpaired) electrons. The fraction of sp³-hybridized carbons (Fsp3) is 0.533. The third-order valence-corrected chi connectivity index (χ3v) is 3.70. The third-order valence-electron chi connectivity index (χ3n) is 3.70. The summed E-state index contributed by atoms with van der Waals surface area (Å²) in [7, 11) is 1.43. The molecular weight excluding hydrogens is 304 g/mol.